The number of nitrogens with zero attached hydrogens (tertiary/aromatic N) is 2. The summed E-state index contributed by atoms with van der Waals surface area (Å²) in [6.45, 7) is 9.56. The SMILES string of the molecule is CC1(C)CCC(C)(C)c2cc(-c3cccc(C4N=C(c5ccc6ccc7ccccc7c6c5)N=C(c5ccc(-c6ccccc6)cc5)N4)c3)ccc21. The van der Waals surface area contributed by atoms with Crippen LogP contribution in [0.4, 0.5) is 0 Å². The number of fused-ring (bicyclic) bond motifs is 4. The Balaban J connectivity index is 1.13. The van der Waals surface area contributed by atoms with E-state index in [1.165, 1.54) is 67.8 Å². The predicted octanol–water partition coefficient (Wildman–Crippen LogP) is 12.2. The van der Waals surface area contributed by atoms with Gasteiger partial charge in [-0.2, -0.15) is 0 Å². The number of aliphatic imine (C=N–C) groups is 2. The highest BCUT2D eigenvalue weighted by Crippen LogP contribution is 2.47. The monoisotopic (exact) mass is 673 g/mol. The molecule has 0 radical (unpaired) electrons. The second-order valence-electron chi connectivity index (χ2n) is 15.8. The first-order chi connectivity index (χ1) is 25.2. The van der Waals surface area contributed by atoms with Gasteiger partial charge < -0.3 is 5.32 Å². The minimum Gasteiger partial charge on any atom is -0.344 e. The summed E-state index contributed by atoms with van der Waals surface area (Å²) in [5.74, 6) is 1.54. The summed E-state index contributed by atoms with van der Waals surface area (Å²) in [6, 6.07) is 54.8. The molecular formula is C49H43N3. The zero-order chi connectivity index (χ0) is 35.5. The van der Waals surface area contributed by atoms with Crippen LogP contribution in [0.2, 0.25) is 0 Å². The summed E-state index contributed by atoms with van der Waals surface area (Å²) in [7, 11) is 0. The third-order valence-corrected chi connectivity index (χ3v) is 11.4. The van der Waals surface area contributed by atoms with Crippen LogP contribution in [0.1, 0.15) is 74.5 Å². The largest absolute Gasteiger partial charge is 0.344 e. The van der Waals surface area contributed by atoms with Crippen molar-refractivity contribution in [1.82, 2.24) is 5.32 Å². The highest BCUT2D eigenvalue weighted by Gasteiger charge is 2.37. The fourth-order valence-corrected chi connectivity index (χ4v) is 8.14. The molecule has 0 amide bonds. The van der Waals surface area contributed by atoms with Crippen LogP contribution in [0, 0.1) is 0 Å². The number of rotatable bonds is 5. The van der Waals surface area contributed by atoms with Crippen molar-refractivity contribution >= 4 is 33.2 Å². The molecule has 7 aromatic carbocycles. The van der Waals surface area contributed by atoms with Crippen LogP contribution < -0.4 is 5.32 Å². The van der Waals surface area contributed by atoms with Crippen LogP contribution in [0.15, 0.2) is 162 Å². The number of hydrogen-bond acceptors (Lipinski definition) is 3. The van der Waals surface area contributed by atoms with Gasteiger partial charge in [-0.15, -0.1) is 0 Å². The van der Waals surface area contributed by atoms with E-state index in [9.17, 15) is 0 Å². The molecule has 3 nitrogen and oxygen atoms in total. The average molecular weight is 674 g/mol. The van der Waals surface area contributed by atoms with Crippen molar-refractivity contribution in [2.45, 2.75) is 57.5 Å². The summed E-state index contributed by atoms with van der Waals surface area (Å²) >= 11 is 0. The van der Waals surface area contributed by atoms with Gasteiger partial charge in [0, 0.05) is 11.1 Å². The average Bonchev–Trinajstić information content (AvgIpc) is 3.19. The molecule has 254 valence electrons. The molecule has 7 aromatic rings. The molecule has 52 heavy (non-hydrogen) atoms. The molecule has 9 rings (SSSR count). The van der Waals surface area contributed by atoms with E-state index < -0.39 is 0 Å². The maximum absolute atomic E-state index is 5.32. The number of amidine groups is 2. The first-order valence-electron chi connectivity index (χ1n) is 18.5. The van der Waals surface area contributed by atoms with Gasteiger partial charge in [-0.05, 0) is 96.3 Å². The normalized spacial score (nSPS) is 17.6. The summed E-state index contributed by atoms with van der Waals surface area (Å²) in [5, 5.41) is 8.60. The summed E-state index contributed by atoms with van der Waals surface area (Å²) in [4.78, 5) is 10.5. The first kappa shape index (κ1) is 32.1. The Morgan fingerprint density at radius 2 is 1.08 bits per heavy atom. The topological polar surface area (TPSA) is 36.8 Å². The minimum absolute atomic E-state index is 0.148. The maximum Gasteiger partial charge on any atom is 0.159 e. The van der Waals surface area contributed by atoms with Crippen molar-refractivity contribution in [3.63, 3.8) is 0 Å². The highest BCUT2D eigenvalue weighted by atomic mass is 15.2. The lowest BCUT2D eigenvalue weighted by Gasteiger charge is -2.42. The van der Waals surface area contributed by atoms with E-state index in [1.807, 2.05) is 0 Å². The highest BCUT2D eigenvalue weighted by molar-refractivity contribution is 6.16. The number of hydrogen-bond donors (Lipinski definition) is 1. The van der Waals surface area contributed by atoms with Crippen LogP contribution in [0.25, 0.3) is 43.8 Å². The third kappa shape index (κ3) is 5.81. The number of nitrogens with one attached hydrogen (secondary N) is 1. The third-order valence-electron chi connectivity index (χ3n) is 11.4. The molecule has 1 heterocycles. The molecule has 3 heteroatoms. The van der Waals surface area contributed by atoms with Crippen molar-refractivity contribution in [2.75, 3.05) is 0 Å². The van der Waals surface area contributed by atoms with Gasteiger partial charge in [-0.3, -0.25) is 0 Å². The molecule has 0 fully saturated rings. The number of benzene rings is 7. The second-order valence-corrected chi connectivity index (χ2v) is 15.8. The zero-order valence-electron chi connectivity index (χ0n) is 30.3. The maximum atomic E-state index is 5.32. The van der Waals surface area contributed by atoms with E-state index in [2.05, 4.69) is 185 Å². The first-order valence-corrected chi connectivity index (χ1v) is 18.5. The van der Waals surface area contributed by atoms with Gasteiger partial charge in [-0.1, -0.05) is 167 Å². The van der Waals surface area contributed by atoms with Gasteiger partial charge in [0.25, 0.3) is 0 Å². The van der Waals surface area contributed by atoms with Crippen molar-refractivity contribution in [3.05, 3.63) is 179 Å². The van der Waals surface area contributed by atoms with Gasteiger partial charge in [0.1, 0.15) is 12.0 Å². The van der Waals surface area contributed by atoms with Crippen LogP contribution in [0.5, 0.6) is 0 Å². The van der Waals surface area contributed by atoms with E-state index in [4.69, 9.17) is 9.98 Å². The second kappa shape index (κ2) is 12.5. The van der Waals surface area contributed by atoms with Crippen molar-refractivity contribution in [3.8, 4) is 22.3 Å². The van der Waals surface area contributed by atoms with Crippen LogP contribution in [-0.2, 0) is 10.8 Å². The molecule has 0 bridgehead atoms. The Kier molecular flexibility index (Phi) is 7.70. The van der Waals surface area contributed by atoms with Crippen molar-refractivity contribution in [1.29, 1.82) is 0 Å². The van der Waals surface area contributed by atoms with Gasteiger partial charge in [0.15, 0.2) is 5.84 Å². The van der Waals surface area contributed by atoms with Gasteiger partial charge in [0.2, 0.25) is 0 Å². The van der Waals surface area contributed by atoms with E-state index in [0.29, 0.717) is 0 Å². The van der Waals surface area contributed by atoms with E-state index in [-0.39, 0.29) is 17.0 Å². The molecule has 2 aliphatic rings. The molecule has 0 saturated carbocycles. The standard InChI is InChI=1S/C49H43N3/c1-48(2)27-28-49(3,4)44-31-38(25-26-43(44)48)37-14-10-15-39(29-37)46-50-45(36-22-17-33(18-23-36)32-11-6-5-7-12-32)51-47(52-46)40-24-21-35-20-19-34-13-8-9-16-41(34)42(35)30-40/h5-26,29-31,46H,27-28H2,1-4H3,(H,50,51,52). The Morgan fingerprint density at radius 1 is 0.481 bits per heavy atom. The molecular weight excluding hydrogens is 631 g/mol. The molecule has 1 aliphatic carbocycles. The van der Waals surface area contributed by atoms with E-state index in [1.54, 1.807) is 0 Å². The smallest absolute Gasteiger partial charge is 0.159 e. The molecule has 1 atom stereocenters. The van der Waals surface area contributed by atoms with Gasteiger partial charge in [-0.25, -0.2) is 9.98 Å². The quantitative estimate of drug-likeness (QED) is 0.181. The fourth-order valence-electron chi connectivity index (χ4n) is 8.14. The Bertz CT molecular complexity index is 2540. The minimum atomic E-state index is -0.313. The molecule has 1 N–H and O–H groups in total. The van der Waals surface area contributed by atoms with Crippen LogP contribution in [0.3, 0.4) is 0 Å². The predicted molar refractivity (Wildman–Crippen MR) is 219 cm³/mol. The lowest BCUT2D eigenvalue weighted by molar-refractivity contribution is 0.332. The Morgan fingerprint density at radius 3 is 1.88 bits per heavy atom. The molecule has 0 spiro atoms. The summed E-state index contributed by atoms with van der Waals surface area (Å²) < 4.78 is 0. The van der Waals surface area contributed by atoms with Crippen LogP contribution >= 0.6 is 0 Å². The van der Waals surface area contributed by atoms with Crippen molar-refractivity contribution < 1.29 is 0 Å². The van der Waals surface area contributed by atoms with Crippen molar-refractivity contribution in [2.24, 2.45) is 9.98 Å². The fraction of sp³-hybridized carbons (Fsp3) is 0.184. The van der Waals surface area contributed by atoms with Gasteiger partial charge in [0.05, 0.1) is 0 Å². The Labute approximate surface area is 306 Å². The molecule has 1 unspecified atom stereocenters. The molecule has 0 saturated heterocycles. The van der Waals surface area contributed by atoms with Gasteiger partial charge >= 0.3 is 0 Å². The van der Waals surface area contributed by atoms with Crippen LogP contribution in [-0.4, -0.2) is 11.7 Å². The van der Waals surface area contributed by atoms with E-state index in [0.717, 1.165) is 28.4 Å². The molecule has 1 aliphatic heterocycles. The lowest BCUT2D eigenvalue weighted by atomic mass is 9.63. The van der Waals surface area contributed by atoms with E-state index >= 15 is 0 Å². The molecule has 0 aromatic heterocycles. The Hall–Kier alpha value is -5.80. The summed E-state index contributed by atoms with van der Waals surface area (Å²) in [6.07, 6.45) is 2.09. The zero-order valence-corrected chi connectivity index (χ0v) is 30.3. The lowest BCUT2D eigenvalue weighted by Crippen LogP contribution is -2.33. The summed E-state index contributed by atoms with van der Waals surface area (Å²) in [5.41, 5.74) is 11.2.